The summed E-state index contributed by atoms with van der Waals surface area (Å²) < 4.78 is 57.7. The van der Waals surface area contributed by atoms with Gasteiger partial charge in [-0.3, -0.25) is 14.7 Å². The Balaban J connectivity index is 1.43. The summed E-state index contributed by atoms with van der Waals surface area (Å²) in [6.07, 6.45) is 2.34. The second kappa shape index (κ2) is 11.1. The molecule has 2 N–H and O–H groups in total. The van der Waals surface area contributed by atoms with Crippen molar-refractivity contribution in [1.29, 1.82) is 0 Å². The van der Waals surface area contributed by atoms with Crippen molar-refractivity contribution in [2.45, 2.75) is 25.4 Å². The minimum Gasteiger partial charge on any atom is -0.356 e. The van der Waals surface area contributed by atoms with E-state index in [0.29, 0.717) is 46.2 Å². The SMILES string of the molecule is CC(c1nc(/C=C/CNC(=O)c2cnn3ccccc23)cc2c(NC3=C(F)CN(C)CC3)cccc12)C(F)(F)F. The smallest absolute Gasteiger partial charge is 0.356 e. The number of nitrogens with one attached hydrogen (secondary N) is 2. The highest BCUT2D eigenvalue weighted by molar-refractivity contribution is 6.00. The zero-order valence-corrected chi connectivity index (χ0v) is 22.0. The topological polar surface area (TPSA) is 74.6 Å². The Hall–Kier alpha value is -4.25. The summed E-state index contributed by atoms with van der Waals surface area (Å²) in [5.74, 6) is -2.46. The first-order chi connectivity index (χ1) is 19.1. The molecule has 5 rings (SSSR count). The molecule has 7 nitrogen and oxygen atoms in total. The van der Waals surface area contributed by atoms with Crippen molar-refractivity contribution in [3.05, 3.63) is 89.4 Å². The normalized spacial score (nSPS) is 15.8. The Morgan fingerprint density at radius 1 is 1.18 bits per heavy atom. The molecule has 4 heterocycles. The van der Waals surface area contributed by atoms with Crippen LogP contribution in [0.5, 0.6) is 0 Å². The van der Waals surface area contributed by atoms with E-state index in [0.717, 1.165) is 6.92 Å². The van der Waals surface area contributed by atoms with E-state index in [1.165, 1.54) is 6.20 Å². The molecule has 0 radical (unpaired) electrons. The van der Waals surface area contributed by atoms with Gasteiger partial charge in [-0.15, -0.1) is 0 Å². The molecule has 0 bridgehead atoms. The monoisotopic (exact) mass is 552 g/mol. The highest BCUT2D eigenvalue weighted by atomic mass is 19.4. The number of pyridine rings is 2. The van der Waals surface area contributed by atoms with Gasteiger partial charge in [-0.1, -0.05) is 24.3 Å². The number of amides is 1. The molecule has 1 aliphatic rings. The van der Waals surface area contributed by atoms with Crippen LogP contribution in [0, 0.1) is 0 Å². The summed E-state index contributed by atoms with van der Waals surface area (Å²) in [4.78, 5) is 18.8. The molecule has 0 fully saturated rings. The fourth-order valence-corrected chi connectivity index (χ4v) is 4.68. The van der Waals surface area contributed by atoms with Crippen molar-refractivity contribution < 1.29 is 22.4 Å². The standard InChI is InChI=1S/C29H28F4N6O/c1-18(29(31,32)33)27-20-8-5-9-24(37-25-11-14-38(2)17-23(25)30)21(20)15-19(36-27)7-6-12-34-28(40)22-16-35-39-13-4-3-10-26(22)39/h3-10,13,15-16,18,37H,11-12,14,17H2,1-2H3,(H,34,40)/b7-6+. The number of anilines is 1. The predicted molar refractivity (Wildman–Crippen MR) is 147 cm³/mol. The molecule has 0 spiro atoms. The van der Waals surface area contributed by atoms with Gasteiger partial charge in [0.2, 0.25) is 0 Å². The van der Waals surface area contributed by atoms with Crippen LogP contribution >= 0.6 is 0 Å². The average molecular weight is 553 g/mol. The van der Waals surface area contributed by atoms with Crippen LogP contribution in [0.4, 0.5) is 23.2 Å². The van der Waals surface area contributed by atoms with Gasteiger partial charge in [0.15, 0.2) is 0 Å². The molecule has 0 saturated carbocycles. The third-order valence-corrected chi connectivity index (χ3v) is 6.93. The summed E-state index contributed by atoms with van der Waals surface area (Å²) in [6, 6.07) is 12.0. The van der Waals surface area contributed by atoms with E-state index in [2.05, 4.69) is 20.7 Å². The molecule has 0 aliphatic carbocycles. The zero-order valence-electron chi connectivity index (χ0n) is 22.0. The van der Waals surface area contributed by atoms with Gasteiger partial charge in [-0.2, -0.15) is 18.3 Å². The van der Waals surface area contributed by atoms with Gasteiger partial charge in [-0.05, 0) is 44.3 Å². The molecular weight excluding hydrogens is 524 g/mol. The molecule has 1 amide bonds. The molecule has 0 saturated heterocycles. The van der Waals surface area contributed by atoms with Crippen molar-refractivity contribution in [1.82, 2.24) is 24.8 Å². The molecular formula is C29H28F4N6O. The van der Waals surface area contributed by atoms with Crippen LogP contribution in [-0.4, -0.2) is 58.3 Å². The maximum absolute atomic E-state index is 14.6. The first kappa shape index (κ1) is 27.3. The number of carbonyl (C=O) groups excluding carboxylic acids is 1. The lowest BCUT2D eigenvalue weighted by Crippen LogP contribution is -2.28. The average Bonchev–Trinajstić information content (AvgIpc) is 3.36. The number of likely N-dealkylation sites (N-methyl/N-ethyl adjacent to an activating group) is 1. The Kier molecular flexibility index (Phi) is 7.57. The molecule has 3 aromatic heterocycles. The van der Waals surface area contributed by atoms with Crippen LogP contribution in [0.2, 0.25) is 0 Å². The quantitative estimate of drug-likeness (QED) is 0.279. The van der Waals surface area contributed by atoms with E-state index in [4.69, 9.17) is 0 Å². The third kappa shape index (κ3) is 5.69. The predicted octanol–water partition coefficient (Wildman–Crippen LogP) is 5.92. The zero-order chi connectivity index (χ0) is 28.4. The maximum atomic E-state index is 14.6. The molecule has 11 heteroatoms. The van der Waals surface area contributed by atoms with E-state index in [1.54, 1.807) is 65.3 Å². The number of benzene rings is 1. The van der Waals surface area contributed by atoms with Gasteiger partial charge in [0.05, 0.1) is 41.1 Å². The highest BCUT2D eigenvalue weighted by Crippen LogP contribution is 2.39. The fraction of sp³-hybridized carbons (Fsp3) is 0.276. The second-order valence-electron chi connectivity index (χ2n) is 9.79. The van der Waals surface area contributed by atoms with Crippen molar-refractivity contribution in [2.75, 3.05) is 32.0 Å². The van der Waals surface area contributed by atoms with E-state index < -0.39 is 12.1 Å². The molecule has 1 atom stereocenters. The van der Waals surface area contributed by atoms with Gasteiger partial charge in [0.1, 0.15) is 5.83 Å². The Morgan fingerprint density at radius 2 is 2.00 bits per heavy atom. The largest absolute Gasteiger partial charge is 0.397 e. The Bertz CT molecular complexity index is 1620. The number of halogens is 4. The fourth-order valence-electron chi connectivity index (χ4n) is 4.68. The molecule has 1 aromatic carbocycles. The Morgan fingerprint density at radius 3 is 2.77 bits per heavy atom. The van der Waals surface area contributed by atoms with E-state index in [-0.39, 0.29) is 36.2 Å². The lowest BCUT2D eigenvalue weighted by molar-refractivity contribution is -0.146. The van der Waals surface area contributed by atoms with Gasteiger partial charge in [0.25, 0.3) is 5.91 Å². The van der Waals surface area contributed by atoms with Crippen molar-refractivity contribution in [3.63, 3.8) is 0 Å². The van der Waals surface area contributed by atoms with Crippen molar-refractivity contribution in [2.24, 2.45) is 0 Å². The number of hydrogen-bond acceptors (Lipinski definition) is 5. The molecule has 1 unspecified atom stereocenters. The summed E-state index contributed by atoms with van der Waals surface area (Å²) >= 11 is 0. The number of hydrogen-bond donors (Lipinski definition) is 2. The van der Waals surface area contributed by atoms with Gasteiger partial charge < -0.3 is 10.6 Å². The van der Waals surface area contributed by atoms with Crippen LogP contribution in [0.1, 0.15) is 41.0 Å². The van der Waals surface area contributed by atoms with Crippen LogP contribution in [0.3, 0.4) is 0 Å². The number of rotatable bonds is 7. The second-order valence-corrected chi connectivity index (χ2v) is 9.79. The van der Waals surface area contributed by atoms with E-state index >= 15 is 0 Å². The molecule has 40 heavy (non-hydrogen) atoms. The van der Waals surface area contributed by atoms with E-state index in [1.807, 2.05) is 11.9 Å². The van der Waals surface area contributed by atoms with Crippen molar-refractivity contribution >= 4 is 34.0 Å². The first-order valence-corrected chi connectivity index (χ1v) is 12.8. The molecule has 208 valence electrons. The van der Waals surface area contributed by atoms with Crippen LogP contribution in [0.15, 0.2) is 72.5 Å². The minimum atomic E-state index is -4.50. The number of carbonyl (C=O) groups is 1. The van der Waals surface area contributed by atoms with Crippen LogP contribution in [0.25, 0.3) is 22.4 Å². The number of alkyl halides is 3. The van der Waals surface area contributed by atoms with Gasteiger partial charge in [0, 0.05) is 47.9 Å². The highest BCUT2D eigenvalue weighted by Gasteiger charge is 2.39. The number of aromatic nitrogens is 3. The summed E-state index contributed by atoms with van der Waals surface area (Å²) in [7, 11) is 1.82. The van der Waals surface area contributed by atoms with E-state index in [9.17, 15) is 22.4 Å². The summed E-state index contributed by atoms with van der Waals surface area (Å²) in [5.41, 5.74) is 2.14. The number of nitrogens with zero attached hydrogens (tertiary/aromatic N) is 4. The lowest BCUT2D eigenvalue weighted by atomic mass is 9.98. The van der Waals surface area contributed by atoms with Crippen LogP contribution in [-0.2, 0) is 0 Å². The third-order valence-electron chi connectivity index (χ3n) is 6.93. The molecule has 4 aromatic rings. The Labute approximate surface area is 228 Å². The van der Waals surface area contributed by atoms with Gasteiger partial charge in [-0.25, -0.2) is 8.91 Å². The van der Waals surface area contributed by atoms with Crippen molar-refractivity contribution in [3.8, 4) is 0 Å². The lowest BCUT2D eigenvalue weighted by Gasteiger charge is -2.25. The first-order valence-electron chi connectivity index (χ1n) is 12.8. The summed E-state index contributed by atoms with van der Waals surface area (Å²) in [5, 5.41) is 10.9. The summed E-state index contributed by atoms with van der Waals surface area (Å²) in [6.45, 7) is 2.02. The van der Waals surface area contributed by atoms with Crippen LogP contribution < -0.4 is 10.6 Å². The minimum absolute atomic E-state index is 0.123. The number of fused-ring (bicyclic) bond motifs is 2. The molecule has 1 aliphatic heterocycles. The van der Waals surface area contributed by atoms with Gasteiger partial charge >= 0.3 is 6.18 Å². The maximum Gasteiger partial charge on any atom is 0.397 e.